The Kier molecular flexibility index (Phi) is 3.51. The number of nitrogens with zero attached hydrogens (tertiary/aromatic N) is 1. The zero-order chi connectivity index (χ0) is 12.2. The Balaban J connectivity index is 3.21. The summed E-state index contributed by atoms with van der Waals surface area (Å²) in [6, 6.07) is 8.69. The topological polar surface area (TPSA) is 70.3 Å². The summed E-state index contributed by atoms with van der Waals surface area (Å²) in [5, 5.41) is 17.9. The molecule has 0 bridgehead atoms. The average molecular weight is 219 g/mol. The Hall–Kier alpha value is -2.02. The van der Waals surface area contributed by atoms with Gasteiger partial charge in [0.05, 0.1) is 19.6 Å². The molecule has 0 radical (unpaired) electrons. The van der Waals surface area contributed by atoms with E-state index >= 15 is 0 Å². The van der Waals surface area contributed by atoms with Gasteiger partial charge in [-0.2, -0.15) is 5.26 Å². The summed E-state index contributed by atoms with van der Waals surface area (Å²) >= 11 is 0. The number of nitriles is 1. The van der Waals surface area contributed by atoms with Crippen molar-refractivity contribution in [3.63, 3.8) is 0 Å². The van der Waals surface area contributed by atoms with Gasteiger partial charge in [0.15, 0.2) is 0 Å². The number of ether oxygens (including phenoxy) is 1. The molecule has 0 saturated carbocycles. The lowest BCUT2D eigenvalue weighted by Crippen LogP contribution is -2.31. The van der Waals surface area contributed by atoms with Crippen molar-refractivity contribution in [1.29, 1.82) is 5.26 Å². The Bertz CT molecular complexity index is 436. The molecule has 0 aliphatic carbocycles. The van der Waals surface area contributed by atoms with E-state index in [4.69, 9.17) is 10.00 Å². The average Bonchev–Trinajstić information content (AvgIpc) is 2.29. The van der Waals surface area contributed by atoms with Gasteiger partial charge in [0.25, 0.3) is 0 Å². The summed E-state index contributed by atoms with van der Waals surface area (Å²) in [5.41, 5.74) is -0.621. The standard InChI is InChI=1S/C12H13NO3/c1-12(6-7-13,11(14)15)9-4-3-5-10(8-9)16-2/h3-5,8H,6H2,1-2H3,(H,14,15). The van der Waals surface area contributed by atoms with Crippen LogP contribution in [0, 0.1) is 11.3 Å². The first-order valence-corrected chi connectivity index (χ1v) is 4.79. The summed E-state index contributed by atoms with van der Waals surface area (Å²) in [5.74, 6) is -0.426. The molecular weight excluding hydrogens is 206 g/mol. The predicted molar refractivity (Wildman–Crippen MR) is 58.2 cm³/mol. The van der Waals surface area contributed by atoms with Crippen molar-refractivity contribution < 1.29 is 14.6 Å². The highest BCUT2D eigenvalue weighted by atomic mass is 16.5. The molecule has 0 aliphatic rings. The Morgan fingerprint density at radius 3 is 2.81 bits per heavy atom. The van der Waals surface area contributed by atoms with Crippen molar-refractivity contribution in [2.24, 2.45) is 0 Å². The zero-order valence-corrected chi connectivity index (χ0v) is 9.23. The van der Waals surface area contributed by atoms with Gasteiger partial charge in [-0.1, -0.05) is 12.1 Å². The minimum atomic E-state index is -1.19. The molecule has 1 aromatic rings. The van der Waals surface area contributed by atoms with E-state index in [1.807, 2.05) is 6.07 Å². The molecule has 0 aliphatic heterocycles. The lowest BCUT2D eigenvalue weighted by molar-refractivity contribution is -0.143. The monoisotopic (exact) mass is 219 g/mol. The molecule has 1 rings (SSSR count). The minimum Gasteiger partial charge on any atom is -0.497 e. The summed E-state index contributed by atoms with van der Waals surface area (Å²) in [7, 11) is 1.52. The van der Waals surface area contributed by atoms with E-state index in [0.717, 1.165) is 0 Å². The summed E-state index contributed by atoms with van der Waals surface area (Å²) < 4.78 is 5.03. The van der Waals surface area contributed by atoms with E-state index in [1.54, 1.807) is 24.3 Å². The molecule has 0 spiro atoms. The molecule has 0 heterocycles. The van der Waals surface area contributed by atoms with Gasteiger partial charge in [-0.15, -0.1) is 0 Å². The van der Waals surface area contributed by atoms with Crippen molar-refractivity contribution in [2.75, 3.05) is 7.11 Å². The second-order valence-electron chi connectivity index (χ2n) is 3.70. The fraction of sp³-hybridized carbons (Fsp3) is 0.333. The van der Waals surface area contributed by atoms with Crippen molar-refractivity contribution in [2.45, 2.75) is 18.8 Å². The molecule has 16 heavy (non-hydrogen) atoms. The molecule has 1 aromatic carbocycles. The second-order valence-corrected chi connectivity index (χ2v) is 3.70. The molecular formula is C12H13NO3. The van der Waals surface area contributed by atoms with Crippen LogP contribution in [0.3, 0.4) is 0 Å². The Morgan fingerprint density at radius 2 is 2.31 bits per heavy atom. The third-order valence-corrected chi connectivity index (χ3v) is 2.61. The van der Waals surface area contributed by atoms with Gasteiger partial charge in [0.2, 0.25) is 0 Å². The highest BCUT2D eigenvalue weighted by molar-refractivity contribution is 5.81. The van der Waals surface area contributed by atoms with Gasteiger partial charge in [-0.3, -0.25) is 4.79 Å². The largest absolute Gasteiger partial charge is 0.497 e. The zero-order valence-electron chi connectivity index (χ0n) is 9.23. The highest BCUT2D eigenvalue weighted by Gasteiger charge is 2.35. The fourth-order valence-electron chi connectivity index (χ4n) is 1.43. The lowest BCUT2D eigenvalue weighted by Gasteiger charge is -2.22. The maximum Gasteiger partial charge on any atom is 0.314 e. The van der Waals surface area contributed by atoms with Crippen LogP contribution in [0.5, 0.6) is 5.75 Å². The Labute approximate surface area is 94.1 Å². The molecule has 84 valence electrons. The second kappa shape index (κ2) is 4.67. The number of rotatable bonds is 4. The molecule has 0 aromatic heterocycles. The highest BCUT2D eigenvalue weighted by Crippen LogP contribution is 2.30. The van der Waals surface area contributed by atoms with E-state index in [9.17, 15) is 9.90 Å². The number of carboxylic acid groups (broad SMARTS) is 1. The van der Waals surface area contributed by atoms with Gasteiger partial charge < -0.3 is 9.84 Å². The van der Waals surface area contributed by atoms with Gasteiger partial charge in [0.1, 0.15) is 11.2 Å². The number of carbonyl (C=O) groups is 1. The molecule has 0 amide bonds. The summed E-state index contributed by atoms with van der Waals surface area (Å²) in [6.45, 7) is 1.54. The predicted octanol–water partition coefficient (Wildman–Crippen LogP) is 1.95. The van der Waals surface area contributed by atoms with Crippen LogP contribution in [0.1, 0.15) is 18.9 Å². The van der Waals surface area contributed by atoms with Crippen molar-refractivity contribution in [3.05, 3.63) is 29.8 Å². The molecule has 0 fully saturated rings. The van der Waals surface area contributed by atoms with Crippen molar-refractivity contribution >= 4 is 5.97 Å². The van der Waals surface area contributed by atoms with Crippen LogP contribution in [0.25, 0.3) is 0 Å². The fourth-order valence-corrected chi connectivity index (χ4v) is 1.43. The maximum absolute atomic E-state index is 11.2. The van der Waals surface area contributed by atoms with Gasteiger partial charge in [0, 0.05) is 0 Å². The molecule has 1 N–H and O–H groups in total. The molecule has 0 saturated heterocycles. The van der Waals surface area contributed by atoms with Crippen LogP contribution >= 0.6 is 0 Å². The third-order valence-electron chi connectivity index (χ3n) is 2.61. The molecule has 4 nitrogen and oxygen atoms in total. The van der Waals surface area contributed by atoms with Crippen molar-refractivity contribution in [1.82, 2.24) is 0 Å². The summed E-state index contributed by atoms with van der Waals surface area (Å²) in [4.78, 5) is 11.2. The quantitative estimate of drug-likeness (QED) is 0.840. The van der Waals surface area contributed by atoms with Crippen LogP contribution in [0.15, 0.2) is 24.3 Å². The van der Waals surface area contributed by atoms with Gasteiger partial charge in [-0.25, -0.2) is 0 Å². The maximum atomic E-state index is 11.2. The first-order chi connectivity index (χ1) is 7.54. The number of hydrogen-bond donors (Lipinski definition) is 1. The van der Waals surface area contributed by atoms with Crippen LogP contribution < -0.4 is 4.74 Å². The SMILES string of the molecule is COc1cccc(C(C)(CC#N)C(=O)O)c1. The number of carboxylic acids is 1. The Morgan fingerprint density at radius 1 is 1.62 bits per heavy atom. The first kappa shape index (κ1) is 12.1. The number of hydrogen-bond acceptors (Lipinski definition) is 3. The van der Waals surface area contributed by atoms with Crippen LogP contribution in [-0.4, -0.2) is 18.2 Å². The van der Waals surface area contributed by atoms with E-state index < -0.39 is 11.4 Å². The smallest absolute Gasteiger partial charge is 0.314 e. The molecule has 1 atom stereocenters. The minimum absolute atomic E-state index is 0.0739. The van der Waals surface area contributed by atoms with Gasteiger partial charge >= 0.3 is 5.97 Å². The lowest BCUT2D eigenvalue weighted by atomic mass is 9.80. The van der Waals surface area contributed by atoms with Crippen LogP contribution in [0.4, 0.5) is 0 Å². The number of aliphatic carboxylic acids is 1. The molecule has 1 unspecified atom stereocenters. The van der Waals surface area contributed by atoms with Crippen LogP contribution in [0.2, 0.25) is 0 Å². The summed E-state index contributed by atoms with van der Waals surface area (Å²) in [6.07, 6.45) is -0.0739. The van der Waals surface area contributed by atoms with Crippen LogP contribution in [-0.2, 0) is 10.2 Å². The normalized spacial score (nSPS) is 13.6. The molecule has 4 heteroatoms. The van der Waals surface area contributed by atoms with Gasteiger partial charge in [-0.05, 0) is 24.6 Å². The van der Waals surface area contributed by atoms with E-state index in [1.165, 1.54) is 14.0 Å². The first-order valence-electron chi connectivity index (χ1n) is 4.79. The van der Waals surface area contributed by atoms with Crippen molar-refractivity contribution in [3.8, 4) is 11.8 Å². The number of benzene rings is 1. The van der Waals surface area contributed by atoms with E-state index in [2.05, 4.69) is 0 Å². The van der Waals surface area contributed by atoms with E-state index in [-0.39, 0.29) is 6.42 Å². The third kappa shape index (κ3) is 2.14. The van der Waals surface area contributed by atoms with E-state index in [0.29, 0.717) is 11.3 Å². The number of methoxy groups -OCH3 is 1.